The average Bonchev–Trinajstić information content (AvgIpc) is 3.43. The Morgan fingerprint density at radius 2 is 1.84 bits per heavy atom. The minimum atomic E-state index is -4.70. The van der Waals surface area contributed by atoms with Gasteiger partial charge in [0.2, 0.25) is 17.8 Å². The first kappa shape index (κ1) is 28.3. The van der Waals surface area contributed by atoms with Gasteiger partial charge in [0.1, 0.15) is 0 Å². The number of carbonyl (C=O) groups excluding carboxylic acids is 2. The number of fused-ring (bicyclic) bond motifs is 1. The van der Waals surface area contributed by atoms with Crippen LogP contribution in [0, 0.1) is 5.92 Å². The molecule has 3 aliphatic rings. The van der Waals surface area contributed by atoms with Crippen molar-refractivity contribution in [3.8, 4) is 0 Å². The fraction of sp³-hybridized carbons (Fsp3) is 0.727. The molecule has 0 radical (unpaired) electrons. The molecule has 3 saturated heterocycles. The van der Waals surface area contributed by atoms with Crippen molar-refractivity contribution in [1.29, 1.82) is 0 Å². The molecule has 1 aromatic rings. The highest BCUT2D eigenvalue weighted by molar-refractivity contribution is 5.80. The van der Waals surface area contributed by atoms with Gasteiger partial charge in [-0.25, -0.2) is 15.4 Å². The van der Waals surface area contributed by atoms with Gasteiger partial charge in [-0.1, -0.05) is 0 Å². The van der Waals surface area contributed by atoms with E-state index in [0.717, 1.165) is 12.4 Å². The third-order valence-electron chi connectivity index (χ3n) is 7.02. The quantitative estimate of drug-likeness (QED) is 0.326. The summed E-state index contributed by atoms with van der Waals surface area (Å²) in [5.74, 6) is -3.28. The number of carbonyl (C=O) groups is 2. The third kappa shape index (κ3) is 6.29. The number of alkyl halides is 6. The SMILES string of the molecule is C[C@@H](COCCC(=O)N1CC[C@H]2[C@@H]1CCN2c1ncc(C(F)(F)F)cn1)NC1CNNC(=O)C1C(F)(F)F. The summed E-state index contributed by atoms with van der Waals surface area (Å²) in [6, 6.07) is -1.87. The summed E-state index contributed by atoms with van der Waals surface area (Å²) in [4.78, 5) is 35.8. The van der Waals surface area contributed by atoms with Crippen LogP contribution in [0.25, 0.3) is 0 Å². The smallest absolute Gasteiger partial charge is 0.379 e. The van der Waals surface area contributed by atoms with Crippen LogP contribution in [0.3, 0.4) is 0 Å². The molecule has 10 nitrogen and oxygen atoms in total. The number of likely N-dealkylation sites (tertiary alicyclic amines) is 1. The van der Waals surface area contributed by atoms with Crippen molar-refractivity contribution in [2.24, 2.45) is 5.92 Å². The van der Waals surface area contributed by atoms with Crippen molar-refractivity contribution in [2.45, 2.75) is 62.7 Å². The van der Waals surface area contributed by atoms with Gasteiger partial charge in [0.15, 0.2) is 5.92 Å². The maximum atomic E-state index is 13.3. The molecule has 5 atom stereocenters. The molecule has 3 N–H and O–H groups in total. The molecule has 1 aromatic heterocycles. The summed E-state index contributed by atoms with van der Waals surface area (Å²) in [5.41, 5.74) is 3.51. The molecule has 3 aliphatic heterocycles. The molecule has 3 fully saturated rings. The summed E-state index contributed by atoms with van der Waals surface area (Å²) in [6.45, 7) is 2.63. The zero-order valence-corrected chi connectivity index (χ0v) is 20.5. The van der Waals surface area contributed by atoms with E-state index in [0.29, 0.717) is 25.9 Å². The first-order valence-corrected chi connectivity index (χ1v) is 12.2. The molecular formula is C22H29F6N7O3. The highest BCUT2D eigenvalue weighted by Gasteiger charge is 2.51. The second-order valence-corrected chi connectivity index (χ2v) is 9.65. The van der Waals surface area contributed by atoms with Crippen LogP contribution in [-0.4, -0.2) is 89.9 Å². The van der Waals surface area contributed by atoms with Crippen molar-refractivity contribution >= 4 is 17.8 Å². The molecule has 4 rings (SSSR count). The summed E-state index contributed by atoms with van der Waals surface area (Å²) < 4.78 is 83.7. The van der Waals surface area contributed by atoms with Crippen molar-refractivity contribution in [2.75, 3.05) is 37.7 Å². The maximum Gasteiger partial charge on any atom is 0.419 e. The topological polar surface area (TPSA) is 112 Å². The minimum absolute atomic E-state index is 0.0427. The average molecular weight is 554 g/mol. The minimum Gasteiger partial charge on any atom is -0.379 e. The zero-order valence-electron chi connectivity index (χ0n) is 20.5. The molecule has 4 heterocycles. The number of rotatable bonds is 8. The van der Waals surface area contributed by atoms with Crippen LogP contribution in [0.15, 0.2) is 12.4 Å². The van der Waals surface area contributed by atoms with Crippen molar-refractivity contribution < 1.29 is 40.7 Å². The van der Waals surface area contributed by atoms with Gasteiger partial charge in [-0.15, -0.1) is 0 Å². The van der Waals surface area contributed by atoms with Gasteiger partial charge < -0.3 is 19.9 Å². The van der Waals surface area contributed by atoms with Gasteiger partial charge in [-0.2, -0.15) is 26.3 Å². The summed E-state index contributed by atoms with van der Waals surface area (Å²) >= 11 is 0. The van der Waals surface area contributed by atoms with Gasteiger partial charge >= 0.3 is 12.4 Å². The molecule has 2 amide bonds. The van der Waals surface area contributed by atoms with Crippen LogP contribution in [0.5, 0.6) is 0 Å². The highest BCUT2D eigenvalue weighted by atomic mass is 19.4. The number of halogens is 6. The van der Waals surface area contributed by atoms with E-state index in [-0.39, 0.29) is 50.1 Å². The number of hydrogen-bond donors (Lipinski definition) is 3. The molecule has 0 saturated carbocycles. The van der Waals surface area contributed by atoms with Crippen molar-refractivity contribution in [3.63, 3.8) is 0 Å². The molecule has 2 unspecified atom stereocenters. The number of amides is 2. The maximum absolute atomic E-state index is 13.3. The Balaban J connectivity index is 1.21. The van der Waals surface area contributed by atoms with Gasteiger partial charge in [-0.3, -0.25) is 15.0 Å². The fourth-order valence-corrected chi connectivity index (χ4v) is 5.30. The second-order valence-electron chi connectivity index (χ2n) is 9.65. The number of anilines is 1. The van der Waals surface area contributed by atoms with Gasteiger partial charge in [-0.05, 0) is 19.8 Å². The van der Waals surface area contributed by atoms with Crippen molar-refractivity contribution in [3.05, 3.63) is 18.0 Å². The lowest BCUT2D eigenvalue weighted by Crippen LogP contribution is -2.64. The van der Waals surface area contributed by atoms with Crippen LogP contribution < -0.4 is 21.1 Å². The lowest BCUT2D eigenvalue weighted by Gasteiger charge is -2.35. The van der Waals surface area contributed by atoms with E-state index in [1.165, 1.54) is 0 Å². The predicted molar refractivity (Wildman–Crippen MR) is 120 cm³/mol. The molecule has 0 bridgehead atoms. The van der Waals surface area contributed by atoms with Crippen LogP contribution in [0.4, 0.5) is 32.3 Å². The highest BCUT2D eigenvalue weighted by Crippen LogP contribution is 2.35. The standard InChI is InChI=1S/C22H29F6N7O3/c1-12(32-14-10-31-33-19(37)18(14)22(26,27)28)11-38-7-4-17(36)34-5-2-16-15(34)3-6-35(16)20-29-8-13(9-30-20)21(23,24)25/h8-9,12,14-16,18,31-32H,2-7,10-11H2,1H3,(H,33,37)/t12-,14?,15-,16-,18?/m0/s1. The Hall–Kier alpha value is -2.72. The number of ether oxygens (including phenoxy) is 1. The van der Waals surface area contributed by atoms with Crippen LogP contribution in [0.1, 0.15) is 31.7 Å². The first-order valence-electron chi connectivity index (χ1n) is 12.2. The van der Waals surface area contributed by atoms with E-state index < -0.39 is 41.8 Å². The molecule has 38 heavy (non-hydrogen) atoms. The number of hydrogen-bond acceptors (Lipinski definition) is 8. The first-order chi connectivity index (χ1) is 17.9. The third-order valence-corrected chi connectivity index (χ3v) is 7.02. The summed E-state index contributed by atoms with van der Waals surface area (Å²) in [6.07, 6.45) is -6.37. The zero-order chi connectivity index (χ0) is 27.7. The number of hydrazine groups is 1. The largest absolute Gasteiger partial charge is 0.419 e. The number of nitrogens with zero attached hydrogens (tertiary/aromatic N) is 4. The van der Waals surface area contributed by atoms with E-state index in [4.69, 9.17) is 4.74 Å². The van der Waals surface area contributed by atoms with Crippen molar-refractivity contribution in [1.82, 2.24) is 31.0 Å². The van der Waals surface area contributed by atoms with E-state index in [1.54, 1.807) is 11.8 Å². The van der Waals surface area contributed by atoms with Crippen LogP contribution >= 0.6 is 0 Å². The molecule has 0 aliphatic carbocycles. The van der Waals surface area contributed by atoms with E-state index >= 15 is 0 Å². The normalized spacial score (nSPS) is 26.9. The Bertz CT molecular complexity index is 993. The van der Waals surface area contributed by atoms with Gasteiger partial charge in [0, 0.05) is 44.1 Å². The predicted octanol–water partition coefficient (Wildman–Crippen LogP) is 1.24. The molecule has 16 heteroatoms. The van der Waals surface area contributed by atoms with E-state index in [9.17, 15) is 35.9 Å². The van der Waals surface area contributed by atoms with Crippen LogP contribution in [-0.2, 0) is 20.5 Å². The molecule has 0 spiro atoms. The molecule has 0 aromatic carbocycles. The fourth-order valence-electron chi connectivity index (χ4n) is 5.30. The Labute approximate surface area is 214 Å². The summed E-state index contributed by atoms with van der Waals surface area (Å²) in [7, 11) is 0. The van der Waals surface area contributed by atoms with E-state index in [2.05, 4.69) is 20.7 Å². The number of nitrogens with one attached hydrogen (secondary N) is 3. The lowest BCUT2D eigenvalue weighted by atomic mass is 9.96. The molecular weight excluding hydrogens is 524 g/mol. The Morgan fingerprint density at radius 3 is 2.50 bits per heavy atom. The number of aromatic nitrogens is 2. The Kier molecular flexibility index (Phi) is 8.32. The second kappa shape index (κ2) is 11.2. The molecule has 212 valence electrons. The Morgan fingerprint density at radius 1 is 1.16 bits per heavy atom. The van der Waals surface area contributed by atoms with E-state index in [1.807, 2.05) is 10.3 Å². The lowest BCUT2D eigenvalue weighted by molar-refractivity contribution is -0.193. The summed E-state index contributed by atoms with van der Waals surface area (Å²) in [5, 5.41) is 2.77. The van der Waals surface area contributed by atoms with Gasteiger partial charge in [0.25, 0.3) is 0 Å². The monoisotopic (exact) mass is 553 g/mol. The van der Waals surface area contributed by atoms with Gasteiger partial charge in [0.05, 0.1) is 37.3 Å². The van der Waals surface area contributed by atoms with Crippen LogP contribution in [0.2, 0.25) is 0 Å².